The van der Waals surface area contributed by atoms with Crippen LogP contribution in [-0.2, 0) is 16.1 Å². The summed E-state index contributed by atoms with van der Waals surface area (Å²) in [4.78, 5) is 28.6. The topological polar surface area (TPSA) is 61.9 Å². The maximum absolute atomic E-state index is 12.7. The van der Waals surface area contributed by atoms with Gasteiger partial charge in [-0.2, -0.15) is 0 Å². The minimum atomic E-state index is -0.102. The zero-order chi connectivity index (χ0) is 22.1. The minimum absolute atomic E-state index is 0.0285. The van der Waals surface area contributed by atoms with Gasteiger partial charge in [-0.1, -0.05) is 42.5 Å². The first-order valence-electron chi connectivity index (χ1n) is 11.1. The van der Waals surface area contributed by atoms with Gasteiger partial charge in [0.2, 0.25) is 5.91 Å². The summed E-state index contributed by atoms with van der Waals surface area (Å²) < 4.78 is 5.45. The number of ether oxygens (including phenoxy) is 1. The smallest absolute Gasteiger partial charge is 0.264 e. The number of hydrogen-bond donors (Lipinski definition) is 1. The molecule has 1 N–H and O–H groups in total. The zero-order valence-electron chi connectivity index (χ0n) is 18.2. The predicted molar refractivity (Wildman–Crippen MR) is 126 cm³/mol. The Bertz CT molecular complexity index is 1170. The van der Waals surface area contributed by atoms with E-state index in [1.54, 1.807) is 24.1 Å². The standard InChI is InChI=1S/C26H27N3O3/c1-28-23-15-20(9-12-24(23)32-17-26(28)31)27-25(30)13-14-29(21-10-11-21)16-19-7-4-6-18-5-2-3-8-22(18)19/h2-9,12,15,21H,10-11,13-14,16-17H2,1H3,(H,27,30). The van der Waals surface area contributed by atoms with E-state index >= 15 is 0 Å². The molecule has 1 fully saturated rings. The van der Waals surface area contributed by atoms with E-state index in [1.165, 1.54) is 29.2 Å². The molecule has 1 saturated carbocycles. The van der Waals surface area contributed by atoms with E-state index in [9.17, 15) is 9.59 Å². The summed E-state index contributed by atoms with van der Waals surface area (Å²) in [5, 5.41) is 5.50. The van der Waals surface area contributed by atoms with Gasteiger partial charge >= 0.3 is 0 Å². The fourth-order valence-corrected chi connectivity index (χ4v) is 4.30. The van der Waals surface area contributed by atoms with Crippen LogP contribution in [-0.4, -0.2) is 43.0 Å². The molecule has 0 bridgehead atoms. The molecule has 0 aromatic heterocycles. The largest absolute Gasteiger partial charge is 0.482 e. The molecule has 1 aliphatic heterocycles. The highest BCUT2D eigenvalue weighted by Gasteiger charge is 2.29. The number of carbonyl (C=O) groups is 2. The molecular formula is C26H27N3O3. The van der Waals surface area contributed by atoms with Crippen LogP contribution < -0.4 is 15.0 Å². The van der Waals surface area contributed by atoms with Crippen molar-refractivity contribution in [2.75, 3.05) is 30.4 Å². The SMILES string of the molecule is CN1C(=O)COc2ccc(NC(=O)CCN(Cc3cccc4ccccc34)C3CC3)cc21. The number of fused-ring (bicyclic) bond motifs is 2. The highest BCUT2D eigenvalue weighted by molar-refractivity contribution is 5.99. The van der Waals surface area contributed by atoms with Crippen LogP contribution in [0.1, 0.15) is 24.8 Å². The fraction of sp³-hybridized carbons (Fsp3) is 0.308. The number of nitrogens with one attached hydrogen (secondary N) is 1. The van der Waals surface area contributed by atoms with E-state index in [0.29, 0.717) is 36.1 Å². The van der Waals surface area contributed by atoms with Crippen LogP contribution in [0.3, 0.4) is 0 Å². The minimum Gasteiger partial charge on any atom is -0.482 e. The van der Waals surface area contributed by atoms with Crippen molar-refractivity contribution in [2.45, 2.75) is 31.8 Å². The quantitative estimate of drug-likeness (QED) is 0.612. The molecule has 3 aromatic carbocycles. The van der Waals surface area contributed by atoms with E-state index in [1.807, 2.05) is 6.07 Å². The number of likely N-dealkylation sites (N-methyl/N-ethyl adjacent to an activating group) is 1. The van der Waals surface area contributed by atoms with Gasteiger partial charge in [0.15, 0.2) is 6.61 Å². The van der Waals surface area contributed by atoms with E-state index in [-0.39, 0.29) is 18.4 Å². The van der Waals surface area contributed by atoms with E-state index in [0.717, 1.165) is 6.54 Å². The fourth-order valence-electron chi connectivity index (χ4n) is 4.30. The number of amides is 2. The number of carbonyl (C=O) groups excluding carboxylic acids is 2. The summed E-state index contributed by atoms with van der Waals surface area (Å²) in [6, 6.07) is 20.8. The number of nitrogens with zero attached hydrogens (tertiary/aromatic N) is 2. The summed E-state index contributed by atoms with van der Waals surface area (Å²) in [6.07, 6.45) is 2.80. The van der Waals surface area contributed by atoms with Gasteiger partial charge in [-0.3, -0.25) is 14.5 Å². The molecule has 1 heterocycles. The Hall–Kier alpha value is -3.38. The van der Waals surface area contributed by atoms with Gasteiger partial charge in [0.05, 0.1) is 5.69 Å². The third kappa shape index (κ3) is 4.32. The first kappa shape index (κ1) is 20.5. The maximum atomic E-state index is 12.7. The van der Waals surface area contributed by atoms with Gasteiger partial charge in [-0.05, 0) is 47.4 Å². The molecule has 2 amide bonds. The second-order valence-corrected chi connectivity index (χ2v) is 8.56. The Labute approximate surface area is 187 Å². The van der Waals surface area contributed by atoms with Crippen LogP contribution in [0.4, 0.5) is 11.4 Å². The number of rotatable bonds is 7. The number of anilines is 2. The molecule has 5 rings (SSSR count). The summed E-state index contributed by atoms with van der Waals surface area (Å²) in [5.74, 6) is 0.522. The molecular weight excluding hydrogens is 402 g/mol. The molecule has 0 saturated heterocycles. The number of benzene rings is 3. The lowest BCUT2D eigenvalue weighted by atomic mass is 10.0. The van der Waals surface area contributed by atoms with Gasteiger partial charge in [0.25, 0.3) is 5.91 Å². The van der Waals surface area contributed by atoms with Crippen molar-refractivity contribution in [3.05, 3.63) is 66.2 Å². The average molecular weight is 430 g/mol. The lowest BCUT2D eigenvalue weighted by molar-refractivity contribution is -0.121. The van der Waals surface area contributed by atoms with Gasteiger partial charge in [0.1, 0.15) is 5.75 Å². The van der Waals surface area contributed by atoms with Gasteiger partial charge in [0, 0.05) is 38.3 Å². The lowest BCUT2D eigenvalue weighted by Gasteiger charge is -2.26. The predicted octanol–water partition coefficient (Wildman–Crippen LogP) is 4.19. The first-order valence-corrected chi connectivity index (χ1v) is 11.1. The molecule has 0 spiro atoms. The summed E-state index contributed by atoms with van der Waals surface area (Å²) in [7, 11) is 1.72. The van der Waals surface area contributed by atoms with Gasteiger partial charge in [-0.25, -0.2) is 0 Å². The zero-order valence-corrected chi connectivity index (χ0v) is 18.2. The van der Waals surface area contributed by atoms with Crippen molar-refractivity contribution in [1.82, 2.24) is 4.90 Å². The van der Waals surface area contributed by atoms with Crippen molar-refractivity contribution in [3.8, 4) is 5.75 Å². The van der Waals surface area contributed by atoms with E-state index < -0.39 is 0 Å². The highest BCUT2D eigenvalue weighted by atomic mass is 16.5. The van der Waals surface area contributed by atoms with Gasteiger partial charge < -0.3 is 15.0 Å². The van der Waals surface area contributed by atoms with Crippen molar-refractivity contribution in [2.24, 2.45) is 0 Å². The summed E-state index contributed by atoms with van der Waals surface area (Å²) >= 11 is 0. The second-order valence-electron chi connectivity index (χ2n) is 8.56. The third-order valence-corrected chi connectivity index (χ3v) is 6.27. The first-order chi connectivity index (χ1) is 15.6. The molecule has 3 aromatic rings. The number of hydrogen-bond acceptors (Lipinski definition) is 4. The van der Waals surface area contributed by atoms with Crippen molar-refractivity contribution in [3.63, 3.8) is 0 Å². The van der Waals surface area contributed by atoms with E-state index in [2.05, 4.69) is 52.7 Å². The lowest BCUT2D eigenvalue weighted by Crippen LogP contribution is -2.35. The third-order valence-electron chi connectivity index (χ3n) is 6.27. The molecule has 1 aliphatic carbocycles. The molecule has 0 atom stereocenters. The maximum Gasteiger partial charge on any atom is 0.264 e. The molecule has 6 heteroatoms. The molecule has 2 aliphatic rings. The van der Waals surface area contributed by atoms with Crippen molar-refractivity contribution < 1.29 is 14.3 Å². The Balaban J connectivity index is 1.23. The van der Waals surface area contributed by atoms with Crippen LogP contribution in [0.25, 0.3) is 10.8 Å². The summed E-state index contributed by atoms with van der Waals surface area (Å²) in [5.41, 5.74) is 2.65. The van der Waals surface area contributed by atoms with Crippen molar-refractivity contribution in [1.29, 1.82) is 0 Å². The van der Waals surface area contributed by atoms with E-state index in [4.69, 9.17) is 4.74 Å². The second kappa shape index (κ2) is 8.63. The Morgan fingerprint density at radius 1 is 1.12 bits per heavy atom. The monoisotopic (exact) mass is 429 g/mol. The molecule has 32 heavy (non-hydrogen) atoms. The Morgan fingerprint density at radius 3 is 2.78 bits per heavy atom. The average Bonchev–Trinajstić information content (AvgIpc) is 3.65. The molecule has 0 unspecified atom stereocenters. The van der Waals surface area contributed by atoms with Crippen LogP contribution in [0.15, 0.2) is 60.7 Å². The summed E-state index contributed by atoms with van der Waals surface area (Å²) in [6.45, 7) is 1.61. The molecule has 0 radical (unpaired) electrons. The van der Waals surface area contributed by atoms with Crippen LogP contribution >= 0.6 is 0 Å². The van der Waals surface area contributed by atoms with Crippen LogP contribution in [0.2, 0.25) is 0 Å². The van der Waals surface area contributed by atoms with Crippen molar-refractivity contribution >= 4 is 34.0 Å². The highest BCUT2D eigenvalue weighted by Crippen LogP contribution is 2.34. The van der Waals surface area contributed by atoms with Crippen LogP contribution in [0.5, 0.6) is 5.75 Å². The Kier molecular flexibility index (Phi) is 5.53. The molecule has 164 valence electrons. The normalized spacial score (nSPS) is 15.6. The van der Waals surface area contributed by atoms with Gasteiger partial charge in [-0.15, -0.1) is 0 Å². The molecule has 6 nitrogen and oxygen atoms in total. The Morgan fingerprint density at radius 2 is 1.94 bits per heavy atom. The van der Waals surface area contributed by atoms with Crippen LogP contribution in [0, 0.1) is 0 Å².